The molecule has 1 aliphatic rings. The predicted octanol–water partition coefficient (Wildman–Crippen LogP) is 1.10. The van der Waals surface area contributed by atoms with Crippen molar-refractivity contribution in [2.75, 3.05) is 19.8 Å². The molecule has 0 amide bonds. The van der Waals surface area contributed by atoms with E-state index in [1.807, 2.05) is 0 Å². The van der Waals surface area contributed by atoms with E-state index in [9.17, 15) is 4.79 Å². The summed E-state index contributed by atoms with van der Waals surface area (Å²) in [6.45, 7) is 3.09. The number of aromatic carboxylic acids is 1. The minimum absolute atomic E-state index is 0.0130. The molecular formula is C11H15NO4. The summed E-state index contributed by atoms with van der Waals surface area (Å²) in [6.07, 6.45) is 1.09. The fourth-order valence-electron chi connectivity index (χ4n) is 1.73. The molecule has 1 aliphatic heterocycles. The largest absolute Gasteiger partial charge is 0.475 e. The van der Waals surface area contributed by atoms with E-state index < -0.39 is 5.97 Å². The van der Waals surface area contributed by atoms with Crippen molar-refractivity contribution < 1.29 is 19.1 Å². The van der Waals surface area contributed by atoms with Crippen LogP contribution < -0.4 is 5.32 Å². The van der Waals surface area contributed by atoms with Crippen LogP contribution in [-0.2, 0) is 11.3 Å². The van der Waals surface area contributed by atoms with E-state index in [1.54, 1.807) is 6.07 Å². The maximum Gasteiger partial charge on any atom is 0.371 e. The van der Waals surface area contributed by atoms with Crippen LogP contribution in [0.15, 0.2) is 16.5 Å². The monoisotopic (exact) mass is 225 g/mol. The summed E-state index contributed by atoms with van der Waals surface area (Å²) in [6, 6.07) is 3.15. The topological polar surface area (TPSA) is 71.7 Å². The SMILES string of the molecule is O=C(O)c1ccc(CNCC2CCOC2)o1. The van der Waals surface area contributed by atoms with Crippen LogP contribution in [0.25, 0.3) is 0 Å². The lowest BCUT2D eigenvalue weighted by Gasteiger charge is -2.07. The van der Waals surface area contributed by atoms with Gasteiger partial charge in [0.25, 0.3) is 0 Å². The van der Waals surface area contributed by atoms with Crippen LogP contribution in [0, 0.1) is 5.92 Å². The zero-order chi connectivity index (χ0) is 11.4. The highest BCUT2D eigenvalue weighted by atomic mass is 16.5. The van der Waals surface area contributed by atoms with E-state index in [1.165, 1.54) is 6.07 Å². The molecule has 1 saturated heterocycles. The van der Waals surface area contributed by atoms with Crippen molar-refractivity contribution >= 4 is 5.97 Å². The molecule has 1 atom stereocenters. The first-order valence-electron chi connectivity index (χ1n) is 5.36. The van der Waals surface area contributed by atoms with Crippen LogP contribution in [0.4, 0.5) is 0 Å². The molecule has 0 aliphatic carbocycles. The van der Waals surface area contributed by atoms with Gasteiger partial charge in [0.2, 0.25) is 5.76 Å². The molecule has 0 aromatic carbocycles. The molecule has 88 valence electrons. The van der Waals surface area contributed by atoms with Crippen molar-refractivity contribution in [3.05, 3.63) is 23.7 Å². The van der Waals surface area contributed by atoms with Gasteiger partial charge in [0.05, 0.1) is 13.2 Å². The molecule has 16 heavy (non-hydrogen) atoms. The Labute approximate surface area is 93.4 Å². The number of carboxylic acid groups (broad SMARTS) is 1. The van der Waals surface area contributed by atoms with Crippen molar-refractivity contribution in [2.24, 2.45) is 5.92 Å². The zero-order valence-corrected chi connectivity index (χ0v) is 8.94. The standard InChI is InChI=1S/C11H15NO4/c13-11(14)10-2-1-9(16-10)6-12-5-8-3-4-15-7-8/h1-2,8,12H,3-7H2,(H,13,14). The molecule has 2 rings (SSSR count). The maximum absolute atomic E-state index is 10.6. The smallest absolute Gasteiger partial charge is 0.371 e. The highest BCUT2D eigenvalue weighted by molar-refractivity contribution is 5.84. The first-order valence-corrected chi connectivity index (χ1v) is 5.36. The summed E-state index contributed by atoms with van der Waals surface area (Å²) in [7, 11) is 0. The first kappa shape index (κ1) is 11.2. The van der Waals surface area contributed by atoms with Gasteiger partial charge in [-0.15, -0.1) is 0 Å². The quantitative estimate of drug-likeness (QED) is 0.785. The number of ether oxygens (including phenoxy) is 1. The third kappa shape index (κ3) is 2.84. The maximum atomic E-state index is 10.6. The van der Waals surface area contributed by atoms with Gasteiger partial charge in [-0.2, -0.15) is 0 Å². The van der Waals surface area contributed by atoms with E-state index in [0.29, 0.717) is 18.2 Å². The van der Waals surface area contributed by atoms with E-state index in [-0.39, 0.29) is 5.76 Å². The molecule has 0 spiro atoms. The van der Waals surface area contributed by atoms with E-state index in [4.69, 9.17) is 14.3 Å². The van der Waals surface area contributed by atoms with Crippen LogP contribution in [0.1, 0.15) is 22.7 Å². The fourth-order valence-corrected chi connectivity index (χ4v) is 1.73. The normalized spacial score (nSPS) is 20.1. The van der Waals surface area contributed by atoms with Crippen LogP contribution >= 0.6 is 0 Å². The lowest BCUT2D eigenvalue weighted by molar-refractivity contribution is 0.0660. The number of furan rings is 1. The van der Waals surface area contributed by atoms with Crippen LogP contribution in [0.5, 0.6) is 0 Å². The summed E-state index contributed by atoms with van der Waals surface area (Å²) < 4.78 is 10.4. The van der Waals surface area contributed by atoms with Gasteiger partial charge in [-0.3, -0.25) is 0 Å². The molecule has 1 fully saturated rings. The minimum Gasteiger partial charge on any atom is -0.475 e. The Morgan fingerprint density at radius 1 is 1.56 bits per heavy atom. The summed E-state index contributed by atoms with van der Waals surface area (Å²) in [4.78, 5) is 10.6. The Bertz CT molecular complexity index is 355. The number of carbonyl (C=O) groups is 1. The summed E-state index contributed by atoms with van der Waals surface area (Å²) >= 11 is 0. The lowest BCUT2D eigenvalue weighted by Crippen LogP contribution is -2.22. The molecular weight excluding hydrogens is 210 g/mol. The molecule has 0 saturated carbocycles. The van der Waals surface area contributed by atoms with Crippen LogP contribution in [0.3, 0.4) is 0 Å². The van der Waals surface area contributed by atoms with Crippen LogP contribution in [-0.4, -0.2) is 30.8 Å². The first-order chi connectivity index (χ1) is 7.75. The van der Waals surface area contributed by atoms with E-state index >= 15 is 0 Å². The summed E-state index contributed by atoms with van der Waals surface area (Å²) in [5, 5.41) is 11.9. The van der Waals surface area contributed by atoms with Crippen molar-refractivity contribution in [1.29, 1.82) is 0 Å². The van der Waals surface area contributed by atoms with Gasteiger partial charge in [-0.25, -0.2) is 4.79 Å². The van der Waals surface area contributed by atoms with Crippen LogP contribution in [0.2, 0.25) is 0 Å². The lowest BCUT2D eigenvalue weighted by atomic mass is 10.1. The Morgan fingerprint density at radius 3 is 3.06 bits per heavy atom. The molecule has 0 radical (unpaired) electrons. The molecule has 2 N–H and O–H groups in total. The molecule has 1 unspecified atom stereocenters. The second-order valence-electron chi connectivity index (χ2n) is 3.93. The number of hydrogen-bond acceptors (Lipinski definition) is 4. The Kier molecular flexibility index (Phi) is 3.58. The van der Waals surface area contributed by atoms with Gasteiger partial charge < -0.3 is 19.6 Å². The molecule has 5 heteroatoms. The van der Waals surface area contributed by atoms with Gasteiger partial charge in [0.15, 0.2) is 0 Å². The number of hydrogen-bond donors (Lipinski definition) is 2. The van der Waals surface area contributed by atoms with E-state index in [2.05, 4.69) is 5.32 Å². The average molecular weight is 225 g/mol. The number of rotatable bonds is 5. The Balaban J connectivity index is 1.74. The van der Waals surface area contributed by atoms with Gasteiger partial charge in [-0.05, 0) is 24.5 Å². The molecule has 0 bridgehead atoms. The third-order valence-corrected chi connectivity index (χ3v) is 2.63. The second-order valence-corrected chi connectivity index (χ2v) is 3.93. The predicted molar refractivity (Wildman–Crippen MR) is 56.3 cm³/mol. The molecule has 5 nitrogen and oxygen atoms in total. The Hall–Kier alpha value is -1.33. The third-order valence-electron chi connectivity index (χ3n) is 2.63. The average Bonchev–Trinajstić information content (AvgIpc) is 2.87. The number of carboxylic acids is 1. The Morgan fingerprint density at radius 2 is 2.44 bits per heavy atom. The molecule has 2 heterocycles. The van der Waals surface area contributed by atoms with Crippen molar-refractivity contribution in [1.82, 2.24) is 5.32 Å². The highest BCUT2D eigenvalue weighted by Gasteiger charge is 2.15. The van der Waals surface area contributed by atoms with E-state index in [0.717, 1.165) is 26.2 Å². The van der Waals surface area contributed by atoms with Crippen molar-refractivity contribution in [2.45, 2.75) is 13.0 Å². The summed E-state index contributed by atoms with van der Waals surface area (Å²) in [5.41, 5.74) is 0. The van der Waals surface area contributed by atoms with Gasteiger partial charge >= 0.3 is 5.97 Å². The minimum atomic E-state index is -1.03. The highest BCUT2D eigenvalue weighted by Crippen LogP contribution is 2.11. The number of nitrogens with one attached hydrogen (secondary N) is 1. The fraction of sp³-hybridized carbons (Fsp3) is 0.545. The van der Waals surface area contributed by atoms with Gasteiger partial charge in [-0.1, -0.05) is 0 Å². The second kappa shape index (κ2) is 5.14. The zero-order valence-electron chi connectivity index (χ0n) is 8.94. The van der Waals surface area contributed by atoms with Gasteiger partial charge in [0, 0.05) is 13.2 Å². The van der Waals surface area contributed by atoms with Crippen molar-refractivity contribution in [3.63, 3.8) is 0 Å². The van der Waals surface area contributed by atoms with Crippen molar-refractivity contribution in [3.8, 4) is 0 Å². The summed E-state index contributed by atoms with van der Waals surface area (Å²) in [5.74, 6) is 0.168. The molecule has 1 aromatic heterocycles. The molecule has 1 aromatic rings. The van der Waals surface area contributed by atoms with Gasteiger partial charge in [0.1, 0.15) is 5.76 Å².